The third-order valence-electron chi connectivity index (χ3n) is 2.41. The van der Waals surface area contributed by atoms with E-state index in [0.717, 1.165) is 6.92 Å². The molecule has 0 aliphatic carbocycles. The van der Waals surface area contributed by atoms with Crippen molar-refractivity contribution in [3.8, 4) is 11.5 Å². The van der Waals surface area contributed by atoms with E-state index in [1.165, 1.54) is 12.1 Å². The Balaban J connectivity index is 3.16. The second-order valence-electron chi connectivity index (χ2n) is 3.86. The number of hydrogen-bond donors (Lipinski definition) is 0. The normalized spacial score (nSPS) is 11.8. The Morgan fingerprint density at radius 1 is 1.21 bits per heavy atom. The van der Waals surface area contributed by atoms with Crippen molar-refractivity contribution in [2.24, 2.45) is 0 Å². The summed E-state index contributed by atoms with van der Waals surface area (Å²) >= 11 is 0. The average molecular weight is 268 g/mol. The summed E-state index contributed by atoms with van der Waals surface area (Å²) in [6.07, 6.45) is -2.17. The van der Waals surface area contributed by atoms with Gasteiger partial charge in [0, 0.05) is 0 Å². The summed E-state index contributed by atoms with van der Waals surface area (Å²) < 4.78 is 24.1. The molecular weight excluding hydrogens is 251 g/mol. The van der Waals surface area contributed by atoms with E-state index in [2.05, 4.69) is 0 Å². The fourth-order valence-corrected chi connectivity index (χ4v) is 1.56. The van der Waals surface area contributed by atoms with Gasteiger partial charge in [-0.1, -0.05) is 0 Å². The topological polar surface area (TPSA) is 52.6 Å². The molecule has 0 N–H and O–H groups in total. The summed E-state index contributed by atoms with van der Waals surface area (Å²) in [6.45, 7) is 5.35. The van der Waals surface area contributed by atoms with Crippen LogP contribution in [0.5, 0.6) is 11.5 Å². The van der Waals surface area contributed by atoms with Crippen molar-refractivity contribution in [3.05, 3.63) is 23.8 Å². The Morgan fingerprint density at radius 2 is 1.84 bits per heavy atom. The van der Waals surface area contributed by atoms with Gasteiger partial charge < -0.3 is 9.47 Å². The van der Waals surface area contributed by atoms with Crippen molar-refractivity contribution >= 4 is 11.6 Å². The van der Waals surface area contributed by atoms with Crippen molar-refractivity contribution in [2.45, 2.75) is 26.9 Å². The zero-order chi connectivity index (χ0) is 14.4. The van der Waals surface area contributed by atoms with E-state index in [4.69, 9.17) is 9.47 Å². The molecular formula is C14H17FO4. The SMILES string of the molecule is CCOc1ccc(OCC)c(C(=O)C(F)C(C)=O)c1. The van der Waals surface area contributed by atoms with Gasteiger partial charge in [-0.15, -0.1) is 0 Å². The van der Waals surface area contributed by atoms with Crippen LogP contribution in [0.25, 0.3) is 0 Å². The Morgan fingerprint density at radius 3 is 2.37 bits per heavy atom. The molecule has 4 nitrogen and oxygen atoms in total. The molecule has 1 atom stereocenters. The number of hydrogen-bond acceptors (Lipinski definition) is 4. The minimum atomic E-state index is -2.17. The fourth-order valence-electron chi connectivity index (χ4n) is 1.56. The van der Waals surface area contributed by atoms with Gasteiger partial charge in [0.15, 0.2) is 5.78 Å². The highest BCUT2D eigenvalue weighted by Crippen LogP contribution is 2.26. The summed E-state index contributed by atoms with van der Waals surface area (Å²) in [5.74, 6) is -1.04. The summed E-state index contributed by atoms with van der Waals surface area (Å²) in [4.78, 5) is 22.9. The van der Waals surface area contributed by atoms with Crippen LogP contribution in [0.4, 0.5) is 4.39 Å². The molecule has 0 bridgehead atoms. The van der Waals surface area contributed by atoms with Gasteiger partial charge >= 0.3 is 0 Å². The van der Waals surface area contributed by atoms with Crippen LogP contribution in [-0.2, 0) is 4.79 Å². The lowest BCUT2D eigenvalue weighted by Gasteiger charge is -2.12. The highest BCUT2D eigenvalue weighted by molar-refractivity contribution is 6.13. The monoisotopic (exact) mass is 268 g/mol. The van der Waals surface area contributed by atoms with Gasteiger partial charge in [0.05, 0.1) is 18.8 Å². The van der Waals surface area contributed by atoms with Crippen LogP contribution in [0.3, 0.4) is 0 Å². The number of carbonyl (C=O) groups excluding carboxylic acids is 2. The lowest BCUT2D eigenvalue weighted by molar-refractivity contribution is -0.120. The molecule has 104 valence electrons. The predicted octanol–water partition coefficient (Wildman–Crippen LogP) is 2.59. The fraction of sp³-hybridized carbons (Fsp3) is 0.429. The van der Waals surface area contributed by atoms with Crippen LogP contribution >= 0.6 is 0 Å². The van der Waals surface area contributed by atoms with Gasteiger partial charge in [0.2, 0.25) is 12.0 Å². The molecule has 1 unspecified atom stereocenters. The second-order valence-corrected chi connectivity index (χ2v) is 3.86. The van der Waals surface area contributed by atoms with Gasteiger partial charge in [-0.25, -0.2) is 4.39 Å². The van der Waals surface area contributed by atoms with Gasteiger partial charge in [0.25, 0.3) is 0 Å². The predicted molar refractivity (Wildman–Crippen MR) is 68.7 cm³/mol. The molecule has 19 heavy (non-hydrogen) atoms. The van der Waals surface area contributed by atoms with E-state index >= 15 is 0 Å². The number of carbonyl (C=O) groups is 2. The number of rotatable bonds is 7. The molecule has 5 heteroatoms. The van der Waals surface area contributed by atoms with E-state index in [1.807, 2.05) is 0 Å². The standard InChI is InChI=1S/C14H17FO4/c1-4-18-10-6-7-12(19-5-2)11(8-10)14(17)13(15)9(3)16/h6-8,13H,4-5H2,1-3H3. The van der Waals surface area contributed by atoms with Crippen molar-refractivity contribution in [1.29, 1.82) is 0 Å². The Bertz CT molecular complexity index is 471. The first-order chi connectivity index (χ1) is 9.01. The van der Waals surface area contributed by atoms with E-state index in [1.54, 1.807) is 19.9 Å². The lowest BCUT2D eigenvalue weighted by Crippen LogP contribution is -2.24. The Kier molecular flexibility index (Phi) is 5.48. The van der Waals surface area contributed by atoms with Crippen molar-refractivity contribution in [1.82, 2.24) is 0 Å². The first-order valence-electron chi connectivity index (χ1n) is 6.09. The molecule has 0 aliphatic heterocycles. The molecule has 1 rings (SSSR count). The number of ketones is 2. The van der Waals surface area contributed by atoms with Gasteiger partial charge in [0.1, 0.15) is 11.5 Å². The zero-order valence-electron chi connectivity index (χ0n) is 11.2. The van der Waals surface area contributed by atoms with Crippen LogP contribution in [0.15, 0.2) is 18.2 Å². The molecule has 0 aliphatic rings. The molecule has 0 saturated carbocycles. The van der Waals surface area contributed by atoms with Crippen LogP contribution in [0.2, 0.25) is 0 Å². The summed E-state index contributed by atoms with van der Waals surface area (Å²) in [6, 6.07) is 4.56. The molecule has 0 spiro atoms. The van der Waals surface area contributed by atoms with E-state index in [-0.39, 0.29) is 11.3 Å². The van der Waals surface area contributed by atoms with E-state index in [9.17, 15) is 14.0 Å². The third-order valence-corrected chi connectivity index (χ3v) is 2.41. The number of ether oxygens (including phenoxy) is 2. The average Bonchev–Trinajstić information content (AvgIpc) is 2.39. The van der Waals surface area contributed by atoms with Gasteiger partial charge in [-0.3, -0.25) is 9.59 Å². The number of halogens is 1. The van der Waals surface area contributed by atoms with Crippen molar-refractivity contribution in [2.75, 3.05) is 13.2 Å². The molecule has 1 aromatic carbocycles. The zero-order valence-corrected chi connectivity index (χ0v) is 11.2. The van der Waals surface area contributed by atoms with Crippen LogP contribution in [-0.4, -0.2) is 31.0 Å². The molecule has 1 aromatic rings. The lowest BCUT2D eigenvalue weighted by atomic mass is 10.0. The first kappa shape index (κ1) is 15.1. The van der Waals surface area contributed by atoms with Crippen molar-refractivity contribution < 1.29 is 23.5 Å². The van der Waals surface area contributed by atoms with E-state index < -0.39 is 17.7 Å². The van der Waals surface area contributed by atoms with Crippen LogP contribution < -0.4 is 9.47 Å². The molecule has 0 aromatic heterocycles. The molecule has 0 saturated heterocycles. The summed E-state index contributed by atoms with van der Waals surface area (Å²) in [5, 5.41) is 0. The number of benzene rings is 1. The first-order valence-corrected chi connectivity index (χ1v) is 6.09. The maximum absolute atomic E-state index is 13.5. The minimum absolute atomic E-state index is 0.0236. The minimum Gasteiger partial charge on any atom is -0.494 e. The third kappa shape index (κ3) is 3.77. The van der Waals surface area contributed by atoms with Gasteiger partial charge in [-0.05, 0) is 39.0 Å². The highest BCUT2D eigenvalue weighted by Gasteiger charge is 2.27. The summed E-state index contributed by atoms with van der Waals surface area (Å²) in [5.41, 5.74) is 0.0236. The number of Topliss-reactive ketones (excluding diaryl/α,β-unsaturated/α-hetero) is 2. The van der Waals surface area contributed by atoms with Crippen LogP contribution in [0, 0.1) is 0 Å². The van der Waals surface area contributed by atoms with E-state index in [0.29, 0.717) is 19.0 Å². The Hall–Kier alpha value is -1.91. The quantitative estimate of drug-likeness (QED) is 0.563. The molecule has 0 radical (unpaired) electrons. The summed E-state index contributed by atoms with van der Waals surface area (Å²) in [7, 11) is 0. The molecule has 0 amide bonds. The largest absolute Gasteiger partial charge is 0.494 e. The highest BCUT2D eigenvalue weighted by atomic mass is 19.1. The van der Waals surface area contributed by atoms with Crippen molar-refractivity contribution in [3.63, 3.8) is 0 Å². The second kappa shape index (κ2) is 6.87. The molecule has 0 heterocycles. The Labute approximate surface area is 111 Å². The van der Waals surface area contributed by atoms with Gasteiger partial charge in [-0.2, -0.15) is 0 Å². The smallest absolute Gasteiger partial charge is 0.220 e. The van der Waals surface area contributed by atoms with Crippen LogP contribution in [0.1, 0.15) is 31.1 Å². The number of alkyl halides is 1. The molecule has 0 fully saturated rings. The maximum Gasteiger partial charge on any atom is 0.220 e. The maximum atomic E-state index is 13.5.